The second kappa shape index (κ2) is 4.00. The van der Waals surface area contributed by atoms with E-state index in [1.165, 1.54) is 12.1 Å². The van der Waals surface area contributed by atoms with Crippen molar-refractivity contribution >= 4 is 22.6 Å². The number of amidine groups is 1. The molecule has 0 fully saturated rings. The van der Waals surface area contributed by atoms with Gasteiger partial charge in [0.05, 0.1) is 6.04 Å². The quantitative estimate of drug-likeness (QED) is 0.770. The van der Waals surface area contributed by atoms with Crippen LogP contribution in [0.2, 0.25) is 0 Å². The van der Waals surface area contributed by atoms with Crippen molar-refractivity contribution < 1.29 is 4.39 Å². The van der Waals surface area contributed by atoms with Crippen LogP contribution in [-0.2, 0) is 0 Å². The minimum atomic E-state index is -0.230. The predicted octanol–water partition coefficient (Wildman–Crippen LogP) is 2.73. The average Bonchev–Trinajstić information content (AvgIpc) is 2.51. The van der Waals surface area contributed by atoms with Crippen molar-refractivity contribution in [3.63, 3.8) is 0 Å². The van der Waals surface area contributed by atoms with Gasteiger partial charge >= 0.3 is 0 Å². The number of aliphatic imine (C=N–C) groups is 1. The van der Waals surface area contributed by atoms with Gasteiger partial charge in [-0.05, 0) is 25.1 Å². The van der Waals surface area contributed by atoms with E-state index in [0.29, 0.717) is 6.04 Å². The molecule has 0 aromatic heterocycles. The van der Waals surface area contributed by atoms with Crippen LogP contribution in [0.15, 0.2) is 29.3 Å². The maximum absolute atomic E-state index is 12.8. The maximum atomic E-state index is 12.8. The van der Waals surface area contributed by atoms with E-state index >= 15 is 0 Å². The second-order valence-electron chi connectivity index (χ2n) is 3.23. The number of hydrogen-bond donors (Lipinski definition) is 1. The normalized spacial score (nSPS) is 20.7. The molecule has 1 aliphatic rings. The summed E-state index contributed by atoms with van der Waals surface area (Å²) in [6, 6.07) is 6.76. The molecule has 2 rings (SSSR count). The molecule has 1 heterocycles. The molecule has 1 N–H and O–H groups in total. The maximum Gasteiger partial charge on any atom is 0.161 e. The first-order valence-electron chi connectivity index (χ1n) is 4.47. The van der Waals surface area contributed by atoms with Crippen molar-refractivity contribution in [2.24, 2.45) is 4.99 Å². The molecule has 1 atom stereocenters. The van der Waals surface area contributed by atoms with Crippen LogP contribution in [0.25, 0.3) is 0 Å². The van der Waals surface area contributed by atoms with E-state index in [9.17, 15) is 4.39 Å². The second-order valence-corrected chi connectivity index (χ2v) is 4.24. The van der Waals surface area contributed by atoms with Crippen LogP contribution in [-0.4, -0.2) is 17.0 Å². The van der Waals surface area contributed by atoms with Gasteiger partial charge < -0.3 is 5.32 Å². The first kappa shape index (κ1) is 9.52. The van der Waals surface area contributed by atoms with Crippen LogP contribution in [0.1, 0.15) is 6.92 Å². The zero-order valence-electron chi connectivity index (χ0n) is 7.83. The lowest BCUT2D eigenvalue weighted by molar-refractivity contribution is 0.628. The van der Waals surface area contributed by atoms with E-state index in [-0.39, 0.29) is 5.82 Å². The number of nitrogens with one attached hydrogen (secondary N) is 1. The topological polar surface area (TPSA) is 24.4 Å². The third-order valence-corrected chi connectivity index (χ3v) is 3.00. The van der Waals surface area contributed by atoms with E-state index in [1.54, 1.807) is 17.8 Å². The highest BCUT2D eigenvalue weighted by molar-refractivity contribution is 8.14. The van der Waals surface area contributed by atoms with E-state index in [1.807, 2.05) is 6.07 Å². The Labute approximate surface area is 86.6 Å². The number of anilines is 1. The first-order chi connectivity index (χ1) is 6.74. The third kappa shape index (κ3) is 2.26. The molecule has 0 saturated carbocycles. The summed E-state index contributed by atoms with van der Waals surface area (Å²) in [7, 11) is 0. The minimum absolute atomic E-state index is 0.230. The Bertz CT molecular complexity index is 365. The molecule has 74 valence electrons. The Morgan fingerprint density at radius 3 is 3.07 bits per heavy atom. The van der Waals surface area contributed by atoms with Crippen LogP contribution in [0.3, 0.4) is 0 Å². The molecule has 1 aromatic carbocycles. The summed E-state index contributed by atoms with van der Waals surface area (Å²) in [5.41, 5.74) is 0.755. The van der Waals surface area contributed by atoms with E-state index < -0.39 is 0 Å². The lowest BCUT2D eigenvalue weighted by atomic mass is 10.3. The van der Waals surface area contributed by atoms with Crippen LogP contribution in [0, 0.1) is 5.82 Å². The molecule has 0 spiro atoms. The van der Waals surface area contributed by atoms with Gasteiger partial charge in [0, 0.05) is 11.4 Å². The van der Waals surface area contributed by atoms with Gasteiger partial charge in [-0.25, -0.2) is 4.39 Å². The standard InChI is InChI=1S/C10H11FN2S/c1-7-6-14-10(12-7)13-9-4-2-3-8(11)5-9/h2-5,7H,6H2,1H3,(H,12,13). The summed E-state index contributed by atoms with van der Waals surface area (Å²) in [5, 5.41) is 3.96. The number of nitrogens with zero attached hydrogens (tertiary/aromatic N) is 1. The fourth-order valence-electron chi connectivity index (χ4n) is 1.23. The van der Waals surface area contributed by atoms with Crippen molar-refractivity contribution in [3.8, 4) is 0 Å². The highest BCUT2D eigenvalue weighted by Crippen LogP contribution is 2.20. The van der Waals surface area contributed by atoms with Gasteiger partial charge in [0.1, 0.15) is 5.82 Å². The zero-order valence-corrected chi connectivity index (χ0v) is 8.64. The van der Waals surface area contributed by atoms with Gasteiger partial charge in [0.2, 0.25) is 0 Å². The molecule has 1 aromatic rings. The largest absolute Gasteiger partial charge is 0.335 e. The Kier molecular flexibility index (Phi) is 2.72. The summed E-state index contributed by atoms with van der Waals surface area (Å²) in [6.07, 6.45) is 0. The van der Waals surface area contributed by atoms with E-state index in [2.05, 4.69) is 17.2 Å². The highest BCUT2D eigenvalue weighted by atomic mass is 32.2. The molecule has 0 amide bonds. The third-order valence-electron chi connectivity index (χ3n) is 1.87. The van der Waals surface area contributed by atoms with Gasteiger partial charge in [-0.2, -0.15) is 0 Å². The number of halogens is 1. The van der Waals surface area contributed by atoms with E-state index in [4.69, 9.17) is 0 Å². The van der Waals surface area contributed by atoms with Crippen LogP contribution in [0.4, 0.5) is 10.1 Å². The fourth-order valence-corrected chi connectivity index (χ4v) is 2.15. The smallest absolute Gasteiger partial charge is 0.161 e. The Morgan fingerprint density at radius 2 is 2.43 bits per heavy atom. The Balaban J connectivity index is 2.08. The molecule has 4 heteroatoms. The average molecular weight is 210 g/mol. The van der Waals surface area contributed by atoms with Gasteiger partial charge in [-0.15, -0.1) is 0 Å². The molecular formula is C10H11FN2S. The summed E-state index contributed by atoms with van der Waals surface area (Å²) in [4.78, 5) is 4.36. The van der Waals surface area contributed by atoms with Gasteiger partial charge in [0.15, 0.2) is 5.17 Å². The van der Waals surface area contributed by atoms with Crippen LogP contribution in [0.5, 0.6) is 0 Å². The van der Waals surface area contributed by atoms with Crippen molar-refractivity contribution in [1.29, 1.82) is 0 Å². The summed E-state index contributed by atoms with van der Waals surface area (Å²) in [6.45, 7) is 2.06. The summed E-state index contributed by atoms with van der Waals surface area (Å²) < 4.78 is 12.8. The number of benzene rings is 1. The number of hydrogen-bond acceptors (Lipinski definition) is 3. The summed E-state index contributed by atoms with van der Waals surface area (Å²) in [5.74, 6) is 0.768. The molecule has 1 aliphatic heterocycles. The molecule has 2 nitrogen and oxygen atoms in total. The van der Waals surface area contributed by atoms with Crippen molar-refractivity contribution in [2.75, 3.05) is 11.1 Å². The molecule has 0 bridgehead atoms. The van der Waals surface area contributed by atoms with Gasteiger partial charge in [-0.3, -0.25) is 4.99 Å². The van der Waals surface area contributed by atoms with Crippen molar-refractivity contribution in [3.05, 3.63) is 30.1 Å². The van der Waals surface area contributed by atoms with Gasteiger partial charge in [-0.1, -0.05) is 17.8 Å². The first-order valence-corrected chi connectivity index (χ1v) is 5.46. The molecule has 0 saturated heterocycles. The van der Waals surface area contributed by atoms with E-state index in [0.717, 1.165) is 16.6 Å². The summed E-state index contributed by atoms with van der Waals surface area (Å²) >= 11 is 1.67. The fraction of sp³-hybridized carbons (Fsp3) is 0.300. The minimum Gasteiger partial charge on any atom is -0.335 e. The van der Waals surface area contributed by atoms with Gasteiger partial charge in [0.25, 0.3) is 0 Å². The molecule has 0 radical (unpaired) electrons. The number of rotatable bonds is 1. The Hall–Kier alpha value is -1.03. The van der Waals surface area contributed by atoms with Crippen LogP contribution < -0.4 is 5.32 Å². The van der Waals surface area contributed by atoms with Crippen molar-refractivity contribution in [2.45, 2.75) is 13.0 Å². The molecule has 14 heavy (non-hydrogen) atoms. The monoisotopic (exact) mass is 210 g/mol. The zero-order chi connectivity index (χ0) is 9.97. The molecule has 1 unspecified atom stereocenters. The molecule has 0 aliphatic carbocycles. The van der Waals surface area contributed by atoms with Crippen LogP contribution >= 0.6 is 11.8 Å². The lowest BCUT2D eigenvalue weighted by Crippen LogP contribution is -2.04. The predicted molar refractivity (Wildman–Crippen MR) is 59.4 cm³/mol. The van der Waals surface area contributed by atoms with Crippen molar-refractivity contribution in [1.82, 2.24) is 0 Å². The number of thioether (sulfide) groups is 1. The molecular weight excluding hydrogens is 199 g/mol. The SMILES string of the molecule is CC1CSC(Nc2cccc(F)c2)=N1. The highest BCUT2D eigenvalue weighted by Gasteiger charge is 2.13. The Morgan fingerprint density at radius 1 is 1.57 bits per heavy atom. The lowest BCUT2D eigenvalue weighted by Gasteiger charge is -2.03.